The Labute approximate surface area is 91.5 Å². The highest BCUT2D eigenvalue weighted by Crippen LogP contribution is 2.28. The summed E-state index contributed by atoms with van der Waals surface area (Å²) >= 11 is 0. The molecule has 0 aliphatic heterocycles. The molecule has 0 amide bonds. The van der Waals surface area contributed by atoms with Gasteiger partial charge in [-0.05, 0) is 24.1 Å². The van der Waals surface area contributed by atoms with Gasteiger partial charge in [0.25, 0.3) is 0 Å². The Morgan fingerprint density at radius 3 is 2.53 bits per heavy atom. The van der Waals surface area contributed by atoms with E-state index in [0.717, 1.165) is 18.4 Å². The minimum Gasteiger partial charge on any atom is -0.330 e. The Bertz CT molecular complexity index is 298. The third-order valence-electron chi connectivity index (χ3n) is 2.99. The van der Waals surface area contributed by atoms with Crippen LogP contribution in [0, 0.1) is 11.7 Å². The number of nitrogens with two attached hydrogens (primary N) is 1. The fraction of sp³-hybridized carbons (Fsp3) is 0.538. The van der Waals surface area contributed by atoms with Gasteiger partial charge in [0.05, 0.1) is 0 Å². The van der Waals surface area contributed by atoms with Crippen molar-refractivity contribution in [1.82, 2.24) is 0 Å². The van der Waals surface area contributed by atoms with E-state index in [1.165, 1.54) is 6.07 Å². The van der Waals surface area contributed by atoms with Crippen molar-refractivity contribution >= 4 is 0 Å². The maximum absolute atomic E-state index is 13.6. The van der Waals surface area contributed by atoms with E-state index in [2.05, 4.69) is 13.8 Å². The molecular weight excluding hydrogens is 189 g/mol. The molecule has 15 heavy (non-hydrogen) atoms. The minimum absolute atomic E-state index is 0.129. The van der Waals surface area contributed by atoms with Crippen LogP contribution >= 0.6 is 0 Å². The number of hydrogen-bond acceptors (Lipinski definition) is 1. The molecule has 84 valence electrons. The Balaban J connectivity index is 2.87. The van der Waals surface area contributed by atoms with Crippen molar-refractivity contribution in [2.75, 3.05) is 6.54 Å². The largest absolute Gasteiger partial charge is 0.330 e. The molecule has 0 bridgehead atoms. The first kappa shape index (κ1) is 12.2. The van der Waals surface area contributed by atoms with Crippen LogP contribution in [0.4, 0.5) is 4.39 Å². The van der Waals surface area contributed by atoms with Gasteiger partial charge in [-0.1, -0.05) is 44.9 Å². The number of benzene rings is 1. The quantitative estimate of drug-likeness (QED) is 0.791. The highest BCUT2D eigenvalue weighted by Gasteiger charge is 2.19. The van der Waals surface area contributed by atoms with Crippen LogP contribution in [-0.4, -0.2) is 6.54 Å². The summed E-state index contributed by atoms with van der Waals surface area (Å²) in [6, 6.07) is 6.95. The van der Waals surface area contributed by atoms with Crippen molar-refractivity contribution in [2.24, 2.45) is 11.7 Å². The van der Waals surface area contributed by atoms with Crippen molar-refractivity contribution < 1.29 is 4.39 Å². The summed E-state index contributed by atoms with van der Waals surface area (Å²) in [7, 11) is 0. The van der Waals surface area contributed by atoms with E-state index < -0.39 is 0 Å². The lowest BCUT2D eigenvalue weighted by Gasteiger charge is -2.22. The average Bonchev–Trinajstić information content (AvgIpc) is 2.22. The summed E-state index contributed by atoms with van der Waals surface area (Å²) < 4.78 is 13.6. The van der Waals surface area contributed by atoms with Gasteiger partial charge in [-0.2, -0.15) is 0 Å². The third kappa shape index (κ3) is 3.03. The van der Waals surface area contributed by atoms with Crippen LogP contribution in [0.3, 0.4) is 0 Å². The average molecular weight is 209 g/mol. The summed E-state index contributed by atoms with van der Waals surface area (Å²) in [5.41, 5.74) is 6.50. The number of rotatable bonds is 5. The second kappa shape index (κ2) is 5.86. The summed E-state index contributed by atoms with van der Waals surface area (Å²) in [6.45, 7) is 4.81. The summed E-state index contributed by atoms with van der Waals surface area (Å²) in [5, 5.41) is 0. The van der Waals surface area contributed by atoms with E-state index in [1.807, 2.05) is 12.1 Å². The predicted octanol–water partition coefficient (Wildman–Crippen LogP) is 3.30. The van der Waals surface area contributed by atoms with Crippen LogP contribution in [0.5, 0.6) is 0 Å². The van der Waals surface area contributed by atoms with E-state index >= 15 is 0 Å². The van der Waals surface area contributed by atoms with Crippen LogP contribution in [0.2, 0.25) is 0 Å². The monoisotopic (exact) mass is 209 g/mol. The normalized spacial score (nSPS) is 14.9. The Hall–Kier alpha value is -0.890. The van der Waals surface area contributed by atoms with Gasteiger partial charge in [0.15, 0.2) is 0 Å². The second-order valence-corrected chi connectivity index (χ2v) is 4.13. The van der Waals surface area contributed by atoms with Crippen LogP contribution in [0.1, 0.15) is 38.2 Å². The first-order valence-corrected chi connectivity index (χ1v) is 5.65. The van der Waals surface area contributed by atoms with Gasteiger partial charge in [-0.15, -0.1) is 0 Å². The maximum atomic E-state index is 13.6. The van der Waals surface area contributed by atoms with E-state index in [0.29, 0.717) is 12.5 Å². The molecule has 0 saturated carbocycles. The lowest BCUT2D eigenvalue weighted by Crippen LogP contribution is -2.20. The Morgan fingerprint density at radius 2 is 2.00 bits per heavy atom. The molecule has 0 saturated heterocycles. The third-order valence-corrected chi connectivity index (χ3v) is 2.99. The molecule has 0 fully saturated rings. The van der Waals surface area contributed by atoms with Crippen molar-refractivity contribution in [2.45, 2.75) is 32.6 Å². The zero-order valence-corrected chi connectivity index (χ0v) is 9.54. The van der Waals surface area contributed by atoms with Gasteiger partial charge in [0, 0.05) is 5.92 Å². The van der Waals surface area contributed by atoms with E-state index in [4.69, 9.17) is 5.73 Å². The van der Waals surface area contributed by atoms with Crippen molar-refractivity contribution in [3.63, 3.8) is 0 Å². The standard InChI is InChI=1S/C13H20FN/c1-3-6-10(2)12(9-15)11-7-4-5-8-13(11)14/h4-5,7-8,10,12H,3,6,9,15H2,1-2H3. The van der Waals surface area contributed by atoms with Crippen LogP contribution in [0.15, 0.2) is 24.3 Å². The van der Waals surface area contributed by atoms with Crippen molar-refractivity contribution in [3.05, 3.63) is 35.6 Å². The first-order valence-electron chi connectivity index (χ1n) is 5.65. The predicted molar refractivity (Wildman–Crippen MR) is 62.3 cm³/mol. The minimum atomic E-state index is -0.129. The van der Waals surface area contributed by atoms with Gasteiger partial charge < -0.3 is 5.73 Å². The fourth-order valence-corrected chi connectivity index (χ4v) is 2.10. The van der Waals surface area contributed by atoms with Crippen LogP contribution in [0.25, 0.3) is 0 Å². The second-order valence-electron chi connectivity index (χ2n) is 4.13. The number of hydrogen-bond donors (Lipinski definition) is 1. The van der Waals surface area contributed by atoms with Crippen molar-refractivity contribution in [1.29, 1.82) is 0 Å². The molecule has 1 rings (SSSR count). The van der Waals surface area contributed by atoms with Crippen molar-refractivity contribution in [3.8, 4) is 0 Å². The molecule has 0 spiro atoms. The SMILES string of the molecule is CCCC(C)C(CN)c1ccccc1F. The lowest BCUT2D eigenvalue weighted by molar-refractivity contribution is 0.416. The summed E-state index contributed by atoms with van der Waals surface area (Å²) in [4.78, 5) is 0. The molecule has 0 heterocycles. The van der Waals surface area contributed by atoms with Gasteiger partial charge in [0.2, 0.25) is 0 Å². The Kier molecular flexibility index (Phi) is 4.76. The zero-order chi connectivity index (χ0) is 11.3. The van der Waals surface area contributed by atoms with E-state index in [1.54, 1.807) is 6.07 Å². The summed E-state index contributed by atoms with van der Waals surface area (Å²) in [5.74, 6) is 0.457. The first-order chi connectivity index (χ1) is 7.20. The number of halogens is 1. The molecule has 0 aromatic heterocycles. The summed E-state index contributed by atoms with van der Waals surface area (Å²) in [6.07, 6.45) is 2.21. The zero-order valence-electron chi connectivity index (χ0n) is 9.54. The van der Waals surface area contributed by atoms with Gasteiger partial charge in [-0.3, -0.25) is 0 Å². The molecule has 2 heteroatoms. The molecule has 1 aromatic rings. The van der Waals surface area contributed by atoms with Gasteiger partial charge >= 0.3 is 0 Å². The smallest absolute Gasteiger partial charge is 0.126 e. The van der Waals surface area contributed by atoms with Gasteiger partial charge in [-0.25, -0.2) is 4.39 Å². The maximum Gasteiger partial charge on any atom is 0.126 e. The van der Waals surface area contributed by atoms with Crippen LogP contribution < -0.4 is 5.73 Å². The topological polar surface area (TPSA) is 26.0 Å². The molecule has 1 aromatic carbocycles. The molecule has 1 nitrogen and oxygen atoms in total. The Morgan fingerprint density at radius 1 is 1.33 bits per heavy atom. The molecule has 0 aliphatic rings. The molecule has 2 atom stereocenters. The van der Waals surface area contributed by atoms with E-state index in [9.17, 15) is 4.39 Å². The van der Waals surface area contributed by atoms with E-state index in [-0.39, 0.29) is 11.7 Å². The fourth-order valence-electron chi connectivity index (χ4n) is 2.10. The molecule has 2 unspecified atom stereocenters. The molecule has 0 radical (unpaired) electrons. The van der Waals surface area contributed by atoms with Crippen LogP contribution in [-0.2, 0) is 0 Å². The highest BCUT2D eigenvalue weighted by atomic mass is 19.1. The van der Waals surface area contributed by atoms with Gasteiger partial charge in [0.1, 0.15) is 5.82 Å². The lowest BCUT2D eigenvalue weighted by atomic mass is 9.84. The highest BCUT2D eigenvalue weighted by molar-refractivity contribution is 5.22. The molecule has 2 N–H and O–H groups in total. The molecule has 0 aliphatic carbocycles. The molecular formula is C13H20FN.